The molecule has 6 nitrogen and oxygen atoms in total. The fraction of sp³-hybridized carbons (Fsp3) is 0.167. The predicted octanol–water partition coefficient (Wildman–Crippen LogP) is 1.73. The highest BCUT2D eigenvalue weighted by Crippen LogP contribution is 2.18. The van der Waals surface area contributed by atoms with E-state index in [9.17, 15) is 9.59 Å². The number of hydrogen-bond acceptors (Lipinski definition) is 5. The molecule has 2 aromatic heterocycles. The number of amides is 1. The number of hydrogen-bond donors (Lipinski definition) is 2. The fourth-order valence-electron chi connectivity index (χ4n) is 1.43. The van der Waals surface area contributed by atoms with Gasteiger partial charge in [-0.1, -0.05) is 0 Å². The van der Waals surface area contributed by atoms with E-state index in [-0.39, 0.29) is 17.6 Å². The van der Waals surface area contributed by atoms with Gasteiger partial charge in [0.1, 0.15) is 5.01 Å². The highest BCUT2D eigenvalue weighted by atomic mass is 32.1. The summed E-state index contributed by atoms with van der Waals surface area (Å²) in [6.07, 6.45) is 3.07. The van der Waals surface area contributed by atoms with Crippen LogP contribution in [0.25, 0.3) is 0 Å². The SMILES string of the molecule is CC(NC(=O)c1ccncc1)c1nc(C(=O)O)cs1. The van der Waals surface area contributed by atoms with Crippen molar-refractivity contribution in [3.05, 3.63) is 46.2 Å². The van der Waals surface area contributed by atoms with E-state index in [0.29, 0.717) is 10.6 Å². The van der Waals surface area contributed by atoms with Gasteiger partial charge in [-0.05, 0) is 19.1 Å². The average molecular weight is 277 g/mol. The molecular weight excluding hydrogens is 266 g/mol. The van der Waals surface area contributed by atoms with Crippen molar-refractivity contribution in [2.45, 2.75) is 13.0 Å². The Labute approximate surface area is 113 Å². The summed E-state index contributed by atoms with van der Waals surface area (Å²) in [5.41, 5.74) is 0.488. The number of aromatic carboxylic acids is 1. The maximum atomic E-state index is 11.9. The monoisotopic (exact) mass is 277 g/mol. The molecule has 98 valence electrons. The van der Waals surface area contributed by atoms with E-state index >= 15 is 0 Å². The second-order valence-corrected chi connectivity index (χ2v) is 4.70. The zero-order chi connectivity index (χ0) is 13.8. The van der Waals surface area contributed by atoms with Crippen molar-refractivity contribution in [2.24, 2.45) is 0 Å². The maximum absolute atomic E-state index is 11.9. The summed E-state index contributed by atoms with van der Waals surface area (Å²) >= 11 is 1.20. The summed E-state index contributed by atoms with van der Waals surface area (Å²) in [4.78, 5) is 30.4. The zero-order valence-electron chi connectivity index (χ0n) is 10.0. The van der Waals surface area contributed by atoms with Gasteiger partial charge in [-0.15, -0.1) is 11.3 Å². The Morgan fingerprint density at radius 2 is 2.05 bits per heavy atom. The van der Waals surface area contributed by atoms with Crippen LogP contribution in [0.2, 0.25) is 0 Å². The third kappa shape index (κ3) is 3.14. The van der Waals surface area contributed by atoms with Gasteiger partial charge in [0.05, 0.1) is 6.04 Å². The third-order valence-corrected chi connectivity index (χ3v) is 3.43. The Kier molecular flexibility index (Phi) is 3.86. The first-order valence-electron chi connectivity index (χ1n) is 5.47. The summed E-state index contributed by atoms with van der Waals surface area (Å²) < 4.78 is 0. The number of carboxylic acids is 1. The van der Waals surface area contributed by atoms with E-state index in [4.69, 9.17) is 5.11 Å². The molecule has 0 fully saturated rings. The molecule has 0 aliphatic rings. The number of pyridine rings is 1. The summed E-state index contributed by atoms with van der Waals surface area (Å²) in [5.74, 6) is -1.32. The Balaban J connectivity index is 2.06. The van der Waals surface area contributed by atoms with Gasteiger partial charge in [0.2, 0.25) is 0 Å². The van der Waals surface area contributed by atoms with Gasteiger partial charge in [0, 0.05) is 23.3 Å². The first-order chi connectivity index (χ1) is 9.08. The smallest absolute Gasteiger partial charge is 0.355 e. The molecule has 0 radical (unpaired) electrons. The maximum Gasteiger partial charge on any atom is 0.355 e. The minimum Gasteiger partial charge on any atom is -0.476 e. The van der Waals surface area contributed by atoms with E-state index in [2.05, 4.69) is 15.3 Å². The number of nitrogens with one attached hydrogen (secondary N) is 1. The van der Waals surface area contributed by atoms with E-state index in [1.165, 1.54) is 29.1 Å². The van der Waals surface area contributed by atoms with Crippen LogP contribution in [0, 0.1) is 0 Å². The largest absolute Gasteiger partial charge is 0.476 e. The van der Waals surface area contributed by atoms with Crippen LogP contribution in [0.15, 0.2) is 29.9 Å². The van der Waals surface area contributed by atoms with Crippen molar-refractivity contribution in [2.75, 3.05) is 0 Å². The normalized spacial score (nSPS) is 11.8. The van der Waals surface area contributed by atoms with Crippen molar-refractivity contribution in [3.8, 4) is 0 Å². The Hall–Kier alpha value is -2.28. The molecule has 2 aromatic rings. The van der Waals surface area contributed by atoms with E-state index in [1.54, 1.807) is 19.1 Å². The van der Waals surface area contributed by atoms with Gasteiger partial charge in [0.25, 0.3) is 5.91 Å². The van der Waals surface area contributed by atoms with Crippen molar-refractivity contribution >= 4 is 23.2 Å². The molecule has 0 aromatic carbocycles. The van der Waals surface area contributed by atoms with Gasteiger partial charge in [-0.2, -0.15) is 0 Å². The summed E-state index contributed by atoms with van der Waals surface area (Å²) in [6, 6.07) is 2.86. The predicted molar refractivity (Wildman–Crippen MR) is 69.2 cm³/mol. The summed E-state index contributed by atoms with van der Waals surface area (Å²) in [6.45, 7) is 1.75. The quantitative estimate of drug-likeness (QED) is 0.887. The topological polar surface area (TPSA) is 92.2 Å². The van der Waals surface area contributed by atoms with Gasteiger partial charge >= 0.3 is 5.97 Å². The molecule has 0 aliphatic heterocycles. The lowest BCUT2D eigenvalue weighted by molar-refractivity contribution is 0.0691. The van der Waals surface area contributed by atoms with Crippen molar-refractivity contribution in [3.63, 3.8) is 0 Å². The molecule has 0 aliphatic carbocycles. The molecule has 0 saturated carbocycles. The number of nitrogens with zero attached hydrogens (tertiary/aromatic N) is 2. The second kappa shape index (κ2) is 5.57. The lowest BCUT2D eigenvalue weighted by atomic mass is 10.2. The fourth-order valence-corrected chi connectivity index (χ4v) is 2.23. The lowest BCUT2D eigenvalue weighted by Crippen LogP contribution is -2.26. The van der Waals surface area contributed by atoms with E-state index in [1.807, 2.05) is 0 Å². The van der Waals surface area contributed by atoms with Crippen molar-refractivity contribution < 1.29 is 14.7 Å². The number of aromatic nitrogens is 2. The van der Waals surface area contributed by atoms with Crippen LogP contribution in [0.4, 0.5) is 0 Å². The highest BCUT2D eigenvalue weighted by molar-refractivity contribution is 7.09. The van der Waals surface area contributed by atoms with Crippen LogP contribution in [0.1, 0.15) is 38.8 Å². The number of carbonyl (C=O) groups excluding carboxylic acids is 1. The van der Waals surface area contributed by atoms with Crippen LogP contribution < -0.4 is 5.32 Å². The Morgan fingerprint density at radius 1 is 1.37 bits per heavy atom. The number of thiazole rings is 1. The zero-order valence-corrected chi connectivity index (χ0v) is 10.8. The molecule has 19 heavy (non-hydrogen) atoms. The second-order valence-electron chi connectivity index (χ2n) is 3.81. The minimum atomic E-state index is -1.07. The molecule has 0 saturated heterocycles. The van der Waals surface area contributed by atoms with Crippen LogP contribution in [0.5, 0.6) is 0 Å². The molecule has 1 atom stereocenters. The van der Waals surface area contributed by atoms with Gasteiger partial charge in [-0.25, -0.2) is 9.78 Å². The van der Waals surface area contributed by atoms with Gasteiger partial charge < -0.3 is 10.4 Å². The molecule has 1 amide bonds. The highest BCUT2D eigenvalue weighted by Gasteiger charge is 2.16. The molecule has 2 N–H and O–H groups in total. The standard InChI is InChI=1S/C12H11N3O3S/c1-7(11-15-9(6-19-11)12(17)18)14-10(16)8-2-4-13-5-3-8/h2-7H,1H3,(H,14,16)(H,17,18). The van der Waals surface area contributed by atoms with Gasteiger partial charge in [0.15, 0.2) is 5.69 Å². The van der Waals surface area contributed by atoms with E-state index in [0.717, 1.165) is 0 Å². The first-order valence-corrected chi connectivity index (χ1v) is 6.35. The number of carboxylic acid groups (broad SMARTS) is 1. The third-order valence-electron chi connectivity index (χ3n) is 2.40. The van der Waals surface area contributed by atoms with Crippen molar-refractivity contribution in [1.82, 2.24) is 15.3 Å². The van der Waals surface area contributed by atoms with Gasteiger partial charge in [-0.3, -0.25) is 9.78 Å². The van der Waals surface area contributed by atoms with Crippen LogP contribution in [-0.2, 0) is 0 Å². The van der Waals surface area contributed by atoms with Crippen molar-refractivity contribution in [1.29, 1.82) is 0 Å². The molecule has 2 rings (SSSR count). The van der Waals surface area contributed by atoms with Crippen LogP contribution in [0.3, 0.4) is 0 Å². The summed E-state index contributed by atoms with van der Waals surface area (Å²) in [5, 5.41) is 13.5. The Bertz CT molecular complexity index is 597. The van der Waals surface area contributed by atoms with Crippen LogP contribution >= 0.6 is 11.3 Å². The average Bonchev–Trinajstić information content (AvgIpc) is 2.89. The first kappa shape index (κ1) is 13.2. The number of rotatable bonds is 4. The molecule has 1 unspecified atom stereocenters. The Morgan fingerprint density at radius 3 is 2.63 bits per heavy atom. The molecular formula is C12H11N3O3S. The van der Waals surface area contributed by atoms with E-state index < -0.39 is 5.97 Å². The number of carbonyl (C=O) groups is 2. The minimum absolute atomic E-state index is 0.00925. The molecule has 0 bridgehead atoms. The molecule has 7 heteroatoms. The lowest BCUT2D eigenvalue weighted by Gasteiger charge is -2.10. The van der Waals surface area contributed by atoms with Crippen LogP contribution in [-0.4, -0.2) is 27.0 Å². The molecule has 0 spiro atoms. The molecule has 2 heterocycles. The summed E-state index contributed by atoms with van der Waals surface area (Å²) in [7, 11) is 0.